The van der Waals surface area contributed by atoms with E-state index in [0.29, 0.717) is 16.9 Å². The number of nitrogens with one attached hydrogen (secondary N) is 1. The molecule has 0 spiro atoms. The van der Waals surface area contributed by atoms with E-state index in [2.05, 4.69) is 15.3 Å². The van der Waals surface area contributed by atoms with Crippen LogP contribution in [0, 0.1) is 10.1 Å². The molecule has 0 aliphatic carbocycles. The van der Waals surface area contributed by atoms with Crippen LogP contribution in [0.3, 0.4) is 0 Å². The van der Waals surface area contributed by atoms with Crippen molar-refractivity contribution < 1.29 is 9.66 Å². The minimum atomic E-state index is -0.449. The summed E-state index contributed by atoms with van der Waals surface area (Å²) in [6.07, 6.45) is 2.56. The van der Waals surface area contributed by atoms with Gasteiger partial charge in [-0.2, -0.15) is 0 Å². The van der Waals surface area contributed by atoms with Gasteiger partial charge in [0.25, 0.3) is 5.69 Å². The molecule has 3 rings (SSSR count). The van der Waals surface area contributed by atoms with Gasteiger partial charge in [-0.25, -0.2) is 9.97 Å². The van der Waals surface area contributed by atoms with Gasteiger partial charge in [-0.15, -0.1) is 12.4 Å². The third-order valence-electron chi connectivity index (χ3n) is 3.02. The topological polar surface area (TPSA) is 90.2 Å². The molecule has 8 heteroatoms. The number of hydrogen-bond acceptors (Lipinski definition) is 6. The number of nitro benzene ring substituents is 1. The van der Waals surface area contributed by atoms with Crippen molar-refractivity contribution in [3.8, 4) is 5.88 Å². The van der Waals surface area contributed by atoms with Crippen LogP contribution in [-0.4, -0.2) is 34.1 Å². The van der Waals surface area contributed by atoms with Gasteiger partial charge in [-0.1, -0.05) is 0 Å². The second-order valence-electron chi connectivity index (χ2n) is 4.37. The summed E-state index contributed by atoms with van der Waals surface area (Å²) in [4.78, 5) is 18.7. The molecule has 2 heterocycles. The molecule has 0 saturated carbocycles. The van der Waals surface area contributed by atoms with Crippen LogP contribution in [0.25, 0.3) is 11.0 Å². The molecular weight excluding hydrogens is 284 g/mol. The fraction of sp³-hybridized carbons (Fsp3) is 0.333. The molecule has 0 amide bonds. The van der Waals surface area contributed by atoms with Crippen molar-refractivity contribution in [1.29, 1.82) is 0 Å². The summed E-state index contributed by atoms with van der Waals surface area (Å²) in [6.45, 7) is 1.75. The van der Waals surface area contributed by atoms with Gasteiger partial charge in [0.05, 0.1) is 22.2 Å². The lowest BCUT2D eigenvalue weighted by molar-refractivity contribution is -0.384. The number of nitrogens with zero attached hydrogens (tertiary/aromatic N) is 3. The molecule has 2 aromatic rings. The summed E-state index contributed by atoms with van der Waals surface area (Å²) in [7, 11) is 0. The molecule has 1 aliphatic rings. The quantitative estimate of drug-likeness (QED) is 0.685. The highest BCUT2D eigenvalue weighted by atomic mass is 35.5. The first-order valence-corrected chi connectivity index (χ1v) is 6.01. The average Bonchev–Trinajstić information content (AvgIpc) is 2.91. The fourth-order valence-electron chi connectivity index (χ4n) is 2.05. The maximum absolute atomic E-state index is 10.7. The number of rotatable bonds is 3. The molecule has 20 heavy (non-hydrogen) atoms. The van der Waals surface area contributed by atoms with Gasteiger partial charge in [-0.3, -0.25) is 10.1 Å². The fourth-order valence-corrected chi connectivity index (χ4v) is 2.05. The zero-order valence-electron chi connectivity index (χ0n) is 10.5. The van der Waals surface area contributed by atoms with Gasteiger partial charge in [0.2, 0.25) is 5.88 Å². The van der Waals surface area contributed by atoms with Gasteiger partial charge >= 0.3 is 0 Å². The standard InChI is InChI=1S/C12H12N4O3.ClH/c17-16(18)8-1-2-10-11(5-8)14-7-12(15-10)19-9-3-4-13-6-9;/h1-2,5,7,9,13H,3-4,6H2;1H/t9-;/m1./s1. The Labute approximate surface area is 120 Å². The van der Waals surface area contributed by atoms with E-state index in [-0.39, 0.29) is 24.2 Å². The number of nitro groups is 1. The normalized spacial score (nSPS) is 17.7. The Bertz CT molecular complexity index is 631. The van der Waals surface area contributed by atoms with E-state index in [4.69, 9.17) is 4.74 Å². The van der Waals surface area contributed by atoms with Gasteiger partial charge in [0.15, 0.2) is 0 Å². The van der Waals surface area contributed by atoms with Gasteiger partial charge < -0.3 is 10.1 Å². The molecule has 7 nitrogen and oxygen atoms in total. The molecule has 1 aliphatic heterocycles. The Balaban J connectivity index is 0.00000147. The largest absolute Gasteiger partial charge is 0.472 e. The molecular formula is C12H13ClN4O3. The summed E-state index contributed by atoms with van der Waals surface area (Å²) in [5, 5.41) is 13.9. The highest BCUT2D eigenvalue weighted by Crippen LogP contribution is 2.20. The van der Waals surface area contributed by atoms with Crippen molar-refractivity contribution in [3.63, 3.8) is 0 Å². The predicted octanol–water partition coefficient (Wildman–Crippen LogP) is 1.70. The lowest BCUT2D eigenvalue weighted by atomic mass is 10.2. The Hall–Kier alpha value is -1.99. The first kappa shape index (κ1) is 14.4. The lowest BCUT2D eigenvalue weighted by Gasteiger charge is -2.11. The minimum Gasteiger partial charge on any atom is -0.472 e. The van der Waals surface area contributed by atoms with Crippen LogP contribution >= 0.6 is 12.4 Å². The van der Waals surface area contributed by atoms with Gasteiger partial charge in [0.1, 0.15) is 6.10 Å². The summed E-state index contributed by atoms with van der Waals surface area (Å²) in [5.41, 5.74) is 1.09. The third-order valence-corrected chi connectivity index (χ3v) is 3.02. The van der Waals surface area contributed by atoms with Crippen LogP contribution in [0.5, 0.6) is 5.88 Å². The SMILES string of the molecule is Cl.O=[N+]([O-])c1ccc2nc(O[C@@H]3CCNC3)cnc2c1. The van der Waals surface area contributed by atoms with Crippen molar-refractivity contribution in [3.05, 3.63) is 34.5 Å². The molecule has 1 atom stereocenters. The van der Waals surface area contributed by atoms with E-state index in [1.807, 2.05) is 0 Å². The van der Waals surface area contributed by atoms with Crippen molar-refractivity contribution in [2.24, 2.45) is 0 Å². The van der Waals surface area contributed by atoms with Crippen LogP contribution in [-0.2, 0) is 0 Å². The van der Waals surface area contributed by atoms with Crippen molar-refractivity contribution >= 4 is 29.1 Å². The summed E-state index contributed by atoms with van der Waals surface area (Å²) < 4.78 is 5.69. The summed E-state index contributed by atoms with van der Waals surface area (Å²) in [6, 6.07) is 4.40. The van der Waals surface area contributed by atoms with Crippen LogP contribution in [0.4, 0.5) is 5.69 Å². The second kappa shape index (κ2) is 5.98. The monoisotopic (exact) mass is 296 g/mol. The molecule has 106 valence electrons. The Morgan fingerprint density at radius 3 is 2.95 bits per heavy atom. The van der Waals surface area contributed by atoms with Crippen molar-refractivity contribution in [2.45, 2.75) is 12.5 Å². The highest BCUT2D eigenvalue weighted by molar-refractivity contribution is 5.85. The zero-order chi connectivity index (χ0) is 13.2. The van der Waals surface area contributed by atoms with Crippen LogP contribution in [0.1, 0.15) is 6.42 Å². The van der Waals surface area contributed by atoms with E-state index >= 15 is 0 Å². The Morgan fingerprint density at radius 1 is 1.40 bits per heavy atom. The zero-order valence-corrected chi connectivity index (χ0v) is 11.3. The molecule has 1 saturated heterocycles. The van der Waals surface area contributed by atoms with E-state index in [1.165, 1.54) is 18.3 Å². The maximum atomic E-state index is 10.7. The highest BCUT2D eigenvalue weighted by Gasteiger charge is 2.17. The van der Waals surface area contributed by atoms with Gasteiger partial charge in [0, 0.05) is 18.7 Å². The number of aromatic nitrogens is 2. The molecule has 1 fully saturated rings. The Morgan fingerprint density at radius 2 is 2.25 bits per heavy atom. The molecule has 1 N–H and O–H groups in total. The van der Waals surface area contributed by atoms with Gasteiger partial charge in [-0.05, 0) is 19.0 Å². The predicted molar refractivity (Wildman–Crippen MR) is 75.3 cm³/mol. The molecule has 1 aromatic heterocycles. The molecule has 0 bridgehead atoms. The van der Waals surface area contributed by atoms with Crippen LogP contribution < -0.4 is 10.1 Å². The van der Waals surface area contributed by atoms with E-state index in [9.17, 15) is 10.1 Å². The second-order valence-corrected chi connectivity index (χ2v) is 4.37. The summed E-state index contributed by atoms with van der Waals surface area (Å²) >= 11 is 0. The number of non-ortho nitro benzene ring substituents is 1. The molecule has 0 radical (unpaired) electrons. The Kier molecular flexibility index (Phi) is 4.31. The number of ether oxygens (including phenoxy) is 1. The first-order valence-electron chi connectivity index (χ1n) is 6.01. The van der Waals surface area contributed by atoms with Crippen molar-refractivity contribution in [2.75, 3.05) is 13.1 Å². The number of benzene rings is 1. The first-order chi connectivity index (χ1) is 9.22. The number of halogens is 1. The lowest BCUT2D eigenvalue weighted by Crippen LogP contribution is -2.20. The minimum absolute atomic E-state index is 0. The number of fused-ring (bicyclic) bond motifs is 1. The van der Waals surface area contributed by atoms with E-state index in [1.54, 1.807) is 6.07 Å². The third kappa shape index (κ3) is 2.94. The molecule has 1 aromatic carbocycles. The van der Waals surface area contributed by atoms with Crippen LogP contribution in [0.2, 0.25) is 0 Å². The van der Waals surface area contributed by atoms with Crippen molar-refractivity contribution in [1.82, 2.24) is 15.3 Å². The smallest absolute Gasteiger partial charge is 0.271 e. The van der Waals surface area contributed by atoms with Crippen LogP contribution in [0.15, 0.2) is 24.4 Å². The average molecular weight is 297 g/mol. The maximum Gasteiger partial charge on any atom is 0.271 e. The van der Waals surface area contributed by atoms with E-state index in [0.717, 1.165) is 19.5 Å². The van der Waals surface area contributed by atoms with E-state index < -0.39 is 4.92 Å². The molecule has 0 unspecified atom stereocenters. The summed E-state index contributed by atoms with van der Waals surface area (Å²) in [5.74, 6) is 0.454. The number of hydrogen-bond donors (Lipinski definition) is 1.